The predicted molar refractivity (Wildman–Crippen MR) is 118 cm³/mol. The summed E-state index contributed by atoms with van der Waals surface area (Å²) in [6.45, 7) is 2.80. The molecule has 5 rings (SSSR count). The van der Waals surface area contributed by atoms with Crippen LogP contribution in [0.25, 0.3) is 11.3 Å². The van der Waals surface area contributed by atoms with E-state index in [1.807, 2.05) is 35.2 Å². The summed E-state index contributed by atoms with van der Waals surface area (Å²) in [6.07, 6.45) is 3.34. The van der Waals surface area contributed by atoms with E-state index in [1.54, 1.807) is 12.3 Å². The highest BCUT2D eigenvalue weighted by atomic mass is 32.2. The topological polar surface area (TPSA) is 76.3 Å². The number of rotatable bonds is 3. The molecule has 0 saturated heterocycles. The molecule has 6 heteroatoms. The van der Waals surface area contributed by atoms with Crippen molar-refractivity contribution in [2.45, 2.75) is 30.6 Å². The predicted octanol–water partition coefficient (Wildman–Crippen LogP) is 3.60. The maximum atomic E-state index is 13.5. The van der Waals surface area contributed by atoms with Gasteiger partial charge in [0.25, 0.3) is 0 Å². The number of hydrogen-bond donors (Lipinski definition) is 1. The van der Waals surface area contributed by atoms with E-state index in [1.165, 1.54) is 11.1 Å². The van der Waals surface area contributed by atoms with Crippen molar-refractivity contribution in [3.05, 3.63) is 77.5 Å². The number of nitrogens with zero attached hydrogens (tertiary/aromatic N) is 2. The van der Waals surface area contributed by atoms with Crippen LogP contribution in [0.1, 0.15) is 29.5 Å². The summed E-state index contributed by atoms with van der Waals surface area (Å²) in [7, 11) is -1.56. The van der Waals surface area contributed by atoms with E-state index in [9.17, 15) is 9.00 Å². The summed E-state index contributed by atoms with van der Waals surface area (Å²) in [4.78, 5) is 20.4. The highest BCUT2D eigenvalue weighted by Gasteiger charge is 2.39. The minimum absolute atomic E-state index is 0.100. The molecular formula is C24H23N3O2S. The van der Waals surface area contributed by atoms with E-state index in [4.69, 9.17) is 5.14 Å². The van der Waals surface area contributed by atoms with Crippen molar-refractivity contribution in [2.24, 2.45) is 11.1 Å². The molecule has 2 N–H and O–H groups in total. The highest BCUT2D eigenvalue weighted by molar-refractivity contribution is 7.82. The van der Waals surface area contributed by atoms with E-state index < -0.39 is 11.0 Å². The quantitative estimate of drug-likeness (QED) is 0.707. The molecule has 152 valence electrons. The molecule has 2 aliphatic rings. The molecule has 0 spiro atoms. The Hall–Kier alpha value is -2.83. The maximum absolute atomic E-state index is 13.5. The zero-order valence-electron chi connectivity index (χ0n) is 16.7. The zero-order valence-corrected chi connectivity index (χ0v) is 17.6. The Bertz CT molecular complexity index is 1160. The summed E-state index contributed by atoms with van der Waals surface area (Å²) in [5.74, 6) is 0.190. The number of carbonyl (C=O) groups excluding carboxylic acids is 1. The largest absolute Gasteiger partial charge is 0.312 e. The summed E-state index contributed by atoms with van der Waals surface area (Å²) in [5.41, 5.74) is 6.45. The molecule has 1 aromatic heterocycles. The first-order chi connectivity index (χ1) is 14.5. The van der Waals surface area contributed by atoms with E-state index in [-0.39, 0.29) is 17.7 Å². The number of benzene rings is 2. The van der Waals surface area contributed by atoms with E-state index >= 15 is 0 Å². The lowest BCUT2D eigenvalue weighted by Crippen LogP contribution is -2.36. The SMILES string of the molecule is CC1c2ccc(-c3ccccn3)cc2CC1C(=O)N1CCc2ccc(S(N)=O)cc21. The standard InChI is InChI=1S/C24H23N3O2S/c1-15-20-8-6-17(22-4-2-3-10-26-22)12-18(20)13-21(15)24(28)27-11-9-16-5-7-19(30(25)29)14-23(16)27/h2-8,10,12,14-15,21H,9,11,13,25H2,1H3. The smallest absolute Gasteiger partial charge is 0.231 e. The van der Waals surface area contributed by atoms with Crippen molar-refractivity contribution < 1.29 is 9.00 Å². The first-order valence-electron chi connectivity index (χ1n) is 10.2. The third-order valence-electron chi connectivity index (χ3n) is 6.41. The van der Waals surface area contributed by atoms with Crippen LogP contribution >= 0.6 is 0 Å². The van der Waals surface area contributed by atoms with Gasteiger partial charge in [0.05, 0.1) is 10.6 Å². The fourth-order valence-electron chi connectivity index (χ4n) is 4.76. The normalized spacial score (nSPS) is 20.7. The van der Waals surface area contributed by atoms with Gasteiger partial charge in [0.1, 0.15) is 11.0 Å². The second kappa shape index (κ2) is 7.45. The van der Waals surface area contributed by atoms with E-state index in [0.717, 1.165) is 35.3 Å². The van der Waals surface area contributed by atoms with Crippen molar-refractivity contribution >= 4 is 22.6 Å². The Morgan fingerprint density at radius 3 is 2.77 bits per heavy atom. The van der Waals surface area contributed by atoms with Gasteiger partial charge in [-0.25, -0.2) is 9.35 Å². The average Bonchev–Trinajstić information content (AvgIpc) is 3.34. The Balaban J connectivity index is 1.43. The van der Waals surface area contributed by atoms with E-state index in [2.05, 4.69) is 30.1 Å². The molecule has 0 bridgehead atoms. The van der Waals surface area contributed by atoms with E-state index in [0.29, 0.717) is 11.4 Å². The second-order valence-electron chi connectivity index (χ2n) is 8.06. The third kappa shape index (κ3) is 3.16. The highest BCUT2D eigenvalue weighted by Crippen LogP contribution is 2.42. The van der Waals surface area contributed by atoms with Crippen molar-refractivity contribution in [3.8, 4) is 11.3 Å². The number of nitrogens with two attached hydrogens (primary N) is 1. The fraction of sp³-hybridized carbons (Fsp3) is 0.250. The van der Waals surface area contributed by atoms with Gasteiger partial charge in [-0.05, 0) is 65.8 Å². The van der Waals surface area contributed by atoms with Crippen LogP contribution in [0.4, 0.5) is 5.69 Å². The molecule has 2 heterocycles. The zero-order chi connectivity index (χ0) is 20.8. The molecule has 5 nitrogen and oxygen atoms in total. The van der Waals surface area contributed by atoms with Gasteiger partial charge < -0.3 is 4.90 Å². The summed E-state index contributed by atoms with van der Waals surface area (Å²) >= 11 is 0. The lowest BCUT2D eigenvalue weighted by Gasteiger charge is -2.24. The number of hydrogen-bond acceptors (Lipinski definition) is 3. The number of amides is 1. The maximum Gasteiger partial charge on any atom is 0.231 e. The van der Waals surface area contributed by atoms with Crippen molar-refractivity contribution in [1.82, 2.24) is 4.98 Å². The van der Waals surface area contributed by atoms with Crippen LogP contribution in [-0.4, -0.2) is 21.6 Å². The molecule has 2 aromatic carbocycles. The Morgan fingerprint density at radius 2 is 2.00 bits per heavy atom. The fourth-order valence-corrected chi connectivity index (χ4v) is 5.19. The van der Waals surface area contributed by atoms with Crippen LogP contribution in [0, 0.1) is 5.92 Å². The van der Waals surface area contributed by atoms with Gasteiger partial charge in [-0.15, -0.1) is 0 Å². The number of carbonyl (C=O) groups is 1. The summed E-state index contributed by atoms with van der Waals surface area (Å²) < 4.78 is 11.7. The Morgan fingerprint density at radius 1 is 1.13 bits per heavy atom. The van der Waals surface area contributed by atoms with Gasteiger partial charge in [0, 0.05) is 29.9 Å². The first-order valence-corrected chi connectivity index (χ1v) is 11.4. The van der Waals surface area contributed by atoms with Gasteiger partial charge in [-0.2, -0.15) is 0 Å². The Kier molecular flexibility index (Phi) is 4.76. The molecule has 30 heavy (non-hydrogen) atoms. The molecule has 1 aliphatic carbocycles. The van der Waals surface area contributed by atoms with Crippen LogP contribution in [0.15, 0.2) is 65.7 Å². The molecule has 0 saturated carbocycles. The van der Waals surface area contributed by atoms with Gasteiger partial charge in [-0.1, -0.05) is 31.2 Å². The van der Waals surface area contributed by atoms with Gasteiger partial charge in [-0.3, -0.25) is 9.78 Å². The number of aromatic nitrogens is 1. The molecule has 0 fully saturated rings. The van der Waals surface area contributed by atoms with Crippen molar-refractivity contribution in [3.63, 3.8) is 0 Å². The van der Waals surface area contributed by atoms with Gasteiger partial charge >= 0.3 is 0 Å². The summed E-state index contributed by atoms with van der Waals surface area (Å²) in [5, 5.41) is 5.56. The second-order valence-corrected chi connectivity index (χ2v) is 9.12. The van der Waals surface area contributed by atoms with Gasteiger partial charge in [0.2, 0.25) is 5.91 Å². The molecule has 1 amide bonds. The number of pyridine rings is 1. The third-order valence-corrected chi connectivity index (χ3v) is 7.12. The number of fused-ring (bicyclic) bond motifs is 2. The average molecular weight is 418 g/mol. The molecule has 0 radical (unpaired) electrons. The van der Waals surface area contributed by atoms with Gasteiger partial charge in [0.15, 0.2) is 0 Å². The monoisotopic (exact) mass is 417 g/mol. The molecule has 1 aliphatic heterocycles. The minimum atomic E-state index is -1.56. The molecule has 3 aromatic rings. The van der Waals surface area contributed by atoms with Crippen LogP contribution in [0.5, 0.6) is 0 Å². The Labute approximate surface area is 178 Å². The van der Waals surface area contributed by atoms with Crippen molar-refractivity contribution in [2.75, 3.05) is 11.4 Å². The number of anilines is 1. The first kappa shape index (κ1) is 19.2. The van der Waals surface area contributed by atoms with Crippen LogP contribution in [0.3, 0.4) is 0 Å². The lowest BCUT2D eigenvalue weighted by atomic mass is 9.93. The van der Waals surface area contributed by atoms with Crippen molar-refractivity contribution in [1.29, 1.82) is 0 Å². The summed E-state index contributed by atoms with van der Waals surface area (Å²) in [6, 6.07) is 17.8. The van der Waals surface area contributed by atoms with Crippen LogP contribution in [-0.2, 0) is 28.6 Å². The lowest BCUT2D eigenvalue weighted by molar-refractivity contribution is -0.122. The van der Waals surface area contributed by atoms with Crippen LogP contribution in [0.2, 0.25) is 0 Å². The molecule has 3 unspecified atom stereocenters. The molecule has 3 atom stereocenters. The minimum Gasteiger partial charge on any atom is -0.312 e. The molecular weight excluding hydrogens is 394 g/mol. The van der Waals surface area contributed by atoms with Crippen LogP contribution < -0.4 is 10.0 Å².